The van der Waals surface area contributed by atoms with Crippen molar-refractivity contribution in [3.05, 3.63) is 48.1 Å². The van der Waals surface area contributed by atoms with E-state index in [-0.39, 0.29) is 0 Å². The van der Waals surface area contributed by atoms with Crippen LogP contribution in [0.4, 0.5) is 5.69 Å². The van der Waals surface area contributed by atoms with Crippen LogP contribution in [0.5, 0.6) is 0 Å². The quantitative estimate of drug-likeness (QED) is 0.636. The third-order valence-corrected chi connectivity index (χ3v) is 5.12. The summed E-state index contributed by atoms with van der Waals surface area (Å²) in [7, 11) is 0. The molecule has 0 aliphatic heterocycles. The third-order valence-electron chi connectivity index (χ3n) is 2.57. The van der Waals surface area contributed by atoms with E-state index in [1.165, 1.54) is 19.7 Å². The van der Waals surface area contributed by atoms with E-state index in [2.05, 4.69) is 87.3 Å². The molecule has 1 unspecified atom stereocenters. The van der Waals surface area contributed by atoms with Gasteiger partial charge in [-0.1, -0.05) is 0 Å². The van der Waals surface area contributed by atoms with Gasteiger partial charge in [-0.25, -0.2) is 0 Å². The lowest BCUT2D eigenvalue weighted by Gasteiger charge is -2.15. The third kappa shape index (κ3) is 3.45. The smallest absolute Gasteiger partial charge is 0.0578 e. The minimum atomic E-state index is 0.338. The number of hydrogen-bond acceptors (Lipinski definition) is 2. The normalized spacial score (nSPS) is 12.5. The maximum atomic E-state index is 3.55. The van der Waals surface area contributed by atoms with Gasteiger partial charge in [0.1, 0.15) is 0 Å². The summed E-state index contributed by atoms with van der Waals surface area (Å²) in [6.07, 6.45) is 0. The number of thiophene rings is 1. The minimum absolute atomic E-state index is 0.338. The summed E-state index contributed by atoms with van der Waals surface area (Å²) in [5, 5.41) is 5.67. The average molecular weight is 422 g/mol. The molecule has 1 nitrogen and oxygen atoms in total. The Balaban J connectivity index is 2.15. The minimum Gasteiger partial charge on any atom is -0.377 e. The first-order valence-corrected chi connectivity index (χ1v) is 8.08. The maximum Gasteiger partial charge on any atom is 0.0578 e. The van der Waals surface area contributed by atoms with Gasteiger partial charge in [-0.3, -0.25) is 0 Å². The first kappa shape index (κ1) is 13.4. The lowest BCUT2D eigenvalue weighted by molar-refractivity contribution is 0.905. The van der Waals surface area contributed by atoms with Gasteiger partial charge >= 0.3 is 0 Å². The van der Waals surface area contributed by atoms with Crippen molar-refractivity contribution in [2.45, 2.75) is 19.9 Å². The van der Waals surface area contributed by atoms with Crippen molar-refractivity contribution < 1.29 is 0 Å². The van der Waals surface area contributed by atoms with Crippen molar-refractivity contribution in [2.75, 3.05) is 5.32 Å². The Morgan fingerprint density at radius 1 is 1.35 bits per heavy atom. The number of aryl methyl sites for hydroxylation is 1. The van der Waals surface area contributed by atoms with Crippen molar-refractivity contribution >= 4 is 55.5 Å². The summed E-state index contributed by atoms with van der Waals surface area (Å²) in [6, 6.07) is 8.98. The molecule has 90 valence electrons. The number of benzene rings is 1. The van der Waals surface area contributed by atoms with Crippen LogP contribution in [0.25, 0.3) is 0 Å². The fourth-order valence-electron chi connectivity index (χ4n) is 1.65. The van der Waals surface area contributed by atoms with E-state index in [9.17, 15) is 0 Å². The second-order valence-corrected chi connectivity index (χ2v) is 7.10. The van der Waals surface area contributed by atoms with Gasteiger partial charge in [0.05, 0.1) is 6.04 Å². The van der Waals surface area contributed by atoms with E-state index in [1.54, 1.807) is 11.3 Å². The van der Waals surface area contributed by atoms with Crippen LogP contribution >= 0.6 is 49.9 Å². The number of nitrogens with one attached hydrogen (secondary N) is 1. The predicted octanol–water partition coefficient (Wildman–Crippen LogP) is 5.60. The van der Waals surface area contributed by atoms with Gasteiger partial charge in [0.2, 0.25) is 0 Å². The van der Waals surface area contributed by atoms with Crippen LogP contribution in [0.2, 0.25) is 0 Å². The van der Waals surface area contributed by atoms with Crippen molar-refractivity contribution in [2.24, 2.45) is 0 Å². The Morgan fingerprint density at radius 2 is 2.12 bits per heavy atom. The van der Waals surface area contributed by atoms with Crippen LogP contribution in [0.3, 0.4) is 0 Å². The van der Waals surface area contributed by atoms with Gasteiger partial charge in [-0.2, -0.15) is 0 Å². The Kier molecular flexibility index (Phi) is 4.49. The van der Waals surface area contributed by atoms with E-state index < -0.39 is 0 Å². The molecule has 0 fully saturated rings. The largest absolute Gasteiger partial charge is 0.377 e. The molecule has 0 radical (unpaired) electrons. The standard InChI is InChI=1S/C13H13BrINS/c1-8-5-11(15)3-4-12(8)16-9(2)13-6-10(14)7-17-13/h3-7,9,16H,1-2H3. The second kappa shape index (κ2) is 5.71. The summed E-state index contributed by atoms with van der Waals surface area (Å²) in [5.41, 5.74) is 2.50. The summed E-state index contributed by atoms with van der Waals surface area (Å²) in [4.78, 5) is 1.34. The fourth-order valence-corrected chi connectivity index (χ4v) is 3.75. The summed E-state index contributed by atoms with van der Waals surface area (Å²) in [5.74, 6) is 0. The highest BCUT2D eigenvalue weighted by atomic mass is 127. The lowest BCUT2D eigenvalue weighted by atomic mass is 10.2. The highest BCUT2D eigenvalue weighted by Gasteiger charge is 2.09. The number of anilines is 1. The van der Waals surface area contributed by atoms with Crippen LogP contribution in [0.1, 0.15) is 23.4 Å². The molecular formula is C13H13BrINS. The Labute approximate surface area is 128 Å². The molecule has 0 amide bonds. The molecule has 1 aromatic carbocycles. The summed E-state index contributed by atoms with van der Waals surface area (Å²) < 4.78 is 2.43. The monoisotopic (exact) mass is 421 g/mol. The highest BCUT2D eigenvalue weighted by Crippen LogP contribution is 2.29. The van der Waals surface area contributed by atoms with Gasteiger partial charge in [-0.15, -0.1) is 11.3 Å². The summed E-state index contributed by atoms with van der Waals surface area (Å²) >= 11 is 7.61. The van der Waals surface area contributed by atoms with Crippen LogP contribution < -0.4 is 5.32 Å². The molecule has 0 saturated carbocycles. The second-order valence-electron chi connectivity index (χ2n) is 3.99. The molecule has 1 N–H and O–H groups in total. The van der Waals surface area contributed by atoms with Gasteiger partial charge in [0.15, 0.2) is 0 Å². The average Bonchev–Trinajstić information content (AvgIpc) is 2.69. The van der Waals surface area contributed by atoms with Crippen molar-refractivity contribution in [3.8, 4) is 0 Å². The molecule has 0 aliphatic rings. The number of rotatable bonds is 3. The van der Waals surface area contributed by atoms with Crippen molar-refractivity contribution in [3.63, 3.8) is 0 Å². The molecule has 0 spiro atoms. The SMILES string of the molecule is Cc1cc(I)ccc1NC(C)c1cc(Br)cs1. The fraction of sp³-hybridized carbons (Fsp3) is 0.231. The zero-order chi connectivity index (χ0) is 12.4. The molecule has 0 saturated heterocycles. The topological polar surface area (TPSA) is 12.0 Å². The van der Waals surface area contributed by atoms with Gasteiger partial charge in [0, 0.05) is 24.0 Å². The van der Waals surface area contributed by atoms with E-state index in [4.69, 9.17) is 0 Å². The van der Waals surface area contributed by atoms with Crippen molar-refractivity contribution in [1.29, 1.82) is 0 Å². The molecular weight excluding hydrogens is 409 g/mol. The number of hydrogen-bond donors (Lipinski definition) is 1. The Hall–Kier alpha value is -0.0700. The molecule has 1 atom stereocenters. The van der Waals surface area contributed by atoms with E-state index in [0.29, 0.717) is 6.04 Å². The van der Waals surface area contributed by atoms with Gasteiger partial charge in [0.25, 0.3) is 0 Å². The lowest BCUT2D eigenvalue weighted by Crippen LogP contribution is -2.06. The van der Waals surface area contributed by atoms with Gasteiger partial charge < -0.3 is 5.32 Å². The number of halogens is 2. The zero-order valence-electron chi connectivity index (χ0n) is 9.63. The van der Waals surface area contributed by atoms with Crippen LogP contribution in [-0.2, 0) is 0 Å². The predicted molar refractivity (Wildman–Crippen MR) is 88.0 cm³/mol. The van der Waals surface area contributed by atoms with Crippen LogP contribution in [0, 0.1) is 10.5 Å². The molecule has 1 aromatic heterocycles. The van der Waals surface area contributed by atoms with E-state index >= 15 is 0 Å². The first-order chi connectivity index (χ1) is 8.06. The molecule has 4 heteroatoms. The molecule has 2 rings (SSSR count). The first-order valence-electron chi connectivity index (χ1n) is 5.33. The van der Waals surface area contributed by atoms with E-state index in [1.807, 2.05) is 0 Å². The van der Waals surface area contributed by atoms with Crippen LogP contribution in [-0.4, -0.2) is 0 Å². The zero-order valence-corrected chi connectivity index (χ0v) is 14.2. The molecule has 2 aromatic rings. The highest BCUT2D eigenvalue weighted by molar-refractivity contribution is 14.1. The summed E-state index contributed by atoms with van der Waals surface area (Å²) in [6.45, 7) is 4.33. The molecule has 17 heavy (non-hydrogen) atoms. The molecule has 0 aliphatic carbocycles. The van der Waals surface area contributed by atoms with Crippen LogP contribution in [0.15, 0.2) is 34.1 Å². The molecule has 1 heterocycles. The maximum absolute atomic E-state index is 3.55. The van der Waals surface area contributed by atoms with Crippen molar-refractivity contribution in [1.82, 2.24) is 0 Å². The molecule has 0 bridgehead atoms. The van der Waals surface area contributed by atoms with Gasteiger partial charge in [-0.05, 0) is 82.2 Å². The Bertz CT molecular complexity index is 524. The Morgan fingerprint density at radius 3 is 2.71 bits per heavy atom. The van der Waals surface area contributed by atoms with E-state index in [0.717, 1.165) is 4.47 Å².